The topological polar surface area (TPSA) is 79.6 Å². The van der Waals surface area contributed by atoms with Gasteiger partial charge in [-0.05, 0) is 18.2 Å². The van der Waals surface area contributed by atoms with Crippen LogP contribution in [0.5, 0.6) is 0 Å². The molecule has 0 fully saturated rings. The molecule has 0 saturated heterocycles. The number of fused-ring (bicyclic) bond motifs is 1. The van der Waals surface area contributed by atoms with Crippen molar-refractivity contribution in [2.75, 3.05) is 5.84 Å². The Labute approximate surface area is 94.7 Å². The number of nitrogen functional groups attached to an aromatic ring is 1. The Hall–Kier alpha value is -2.50. The first kappa shape index (κ1) is 9.71. The van der Waals surface area contributed by atoms with E-state index in [2.05, 4.69) is 9.97 Å². The number of aromatic nitrogens is 3. The van der Waals surface area contributed by atoms with E-state index >= 15 is 0 Å². The average Bonchev–Trinajstić information content (AvgIpc) is 2.83. The summed E-state index contributed by atoms with van der Waals surface area (Å²) in [5.41, 5.74) is 1.65. The molecule has 3 rings (SSSR count). The van der Waals surface area contributed by atoms with Crippen molar-refractivity contribution in [3.05, 3.63) is 46.9 Å². The van der Waals surface area contributed by atoms with Gasteiger partial charge in [0.2, 0.25) is 0 Å². The number of nitrogens with two attached hydrogens (primary N) is 1. The van der Waals surface area contributed by atoms with Gasteiger partial charge in [-0.2, -0.15) is 0 Å². The van der Waals surface area contributed by atoms with E-state index in [1.807, 2.05) is 0 Å². The summed E-state index contributed by atoms with van der Waals surface area (Å²) in [6.45, 7) is 0. The van der Waals surface area contributed by atoms with Gasteiger partial charge >= 0.3 is 5.69 Å². The van der Waals surface area contributed by atoms with E-state index in [0.717, 1.165) is 15.6 Å². The fourth-order valence-electron chi connectivity index (χ4n) is 1.87. The molecule has 5 nitrogen and oxygen atoms in total. The Kier molecular flexibility index (Phi) is 1.85. The second kappa shape index (κ2) is 3.24. The molecule has 17 heavy (non-hydrogen) atoms. The molecular formula is C11H9FN4O. The third-order valence-corrected chi connectivity index (χ3v) is 2.68. The van der Waals surface area contributed by atoms with Crippen molar-refractivity contribution in [2.24, 2.45) is 0 Å². The van der Waals surface area contributed by atoms with Crippen LogP contribution in [0.4, 0.5) is 4.39 Å². The Morgan fingerprint density at radius 3 is 2.88 bits per heavy atom. The van der Waals surface area contributed by atoms with Crippen LogP contribution in [0, 0.1) is 5.82 Å². The van der Waals surface area contributed by atoms with Crippen LogP contribution >= 0.6 is 0 Å². The average molecular weight is 232 g/mol. The fourth-order valence-corrected chi connectivity index (χ4v) is 1.87. The highest BCUT2D eigenvalue weighted by Crippen LogP contribution is 2.26. The van der Waals surface area contributed by atoms with Gasteiger partial charge in [0, 0.05) is 22.7 Å². The first-order valence-corrected chi connectivity index (χ1v) is 4.99. The van der Waals surface area contributed by atoms with Crippen LogP contribution in [-0.4, -0.2) is 14.6 Å². The minimum absolute atomic E-state index is 0.309. The summed E-state index contributed by atoms with van der Waals surface area (Å²) in [5.74, 6) is 5.11. The Bertz CT molecular complexity index is 752. The molecule has 86 valence electrons. The van der Waals surface area contributed by atoms with Gasteiger partial charge in [0.05, 0.1) is 11.9 Å². The normalized spacial score (nSPS) is 11.1. The first-order chi connectivity index (χ1) is 8.15. The SMILES string of the molecule is Nn1cc(-c2c[nH]c3cc(F)ccc23)[nH]c1=O. The zero-order valence-electron chi connectivity index (χ0n) is 8.70. The van der Waals surface area contributed by atoms with Crippen molar-refractivity contribution in [1.29, 1.82) is 0 Å². The molecule has 4 N–H and O–H groups in total. The van der Waals surface area contributed by atoms with Crippen LogP contribution in [-0.2, 0) is 0 Å². The molecule has 0 radical (unpaired) electrons. The van der Waals surface area contributed by atoms with Crippen LogP contribution in [0.2, 0.25) is 0 Å². The number of halogens is 1. The molecule has 3 aromatic rings. The van der Waals surface area contributed by atoms with Gasteiger partial charge in [-0.3, -0.25) is 0 Å². The Morgan fingerprint density at radius 1 is 1.35 bits per heavy atom. The lowest BCUT2D eigenvalue weighted by Crippen LogP contribution is -2.22. The second-order valence-electron chi connectivity index (χ2n) is 3.77. The lowest BCUT2D eigenvalue weighted by atomic mass is 10.1. The van der Waals surface area contributed by atoms with E-state index < -0.39 is 5.69 Å². The van der Waals surface area contributed by atoms with E-state index in [0.29, 0.717) is 11.2 Å². The number of hydrogen-bond donors (Lipinski definition) is 3. The smallest absolute Gasteiger partial charge is 0.344 e. The molecule has 1 aromatic carbocycles. The molecule has 6 heteroatoms. The van der Waals surface area contributed by atoms with Gasteiger partial charge in [0.25, 0.3) is 0 Å². The van der Waals surface area contributed by atoms with E-state index in [1.54, 1.807) is 12.3 Å². The van der Waals surface area contributed by atoms with Gasteiger partial charge in [-0.1, -0.05) is 0 Å². The van der Waals surface area contributed by atoms with E-state index in [9.17, 15) is 9.18 Å². The molecule has 0 aliphatic heterocycles. The summed E-state index contributed by atoms with van der Waals surface area (Å²) >= 11 is 0. The zero-order valence-corrected chi connectivity index (χ0v) is 8.70. The Morgan fingerprint density at radius 2 is 2.18 bits per heavy atom. The molecule has 0 aliphatic carbocycles. The highest BCUT2D eigenvalue weighted by molar-refractivity contribution is 5.94. The van der Waals surface area contributed by atoms with Crippen LogP contribution in [0.15, 0.2) is 35.4 Å². The number of hydrogen-bond acceptors (Lipinski definition) is 2. The second-order valence-corrected chi connectivity index (χ2v) is 3.77. The van der Waals surface area contributed by atoms with Gasteiger partial charge < -0.3 is 15.8 Å². The van der Waals surface area contributed by atoms with Crippen molar-refractivity contribution >= 4 is 10.9 Å². The number of benzene rings is 1. The van der Waals surface area contributed by atoms with Crippen molar-refractivity contribution < 1.29 is 4.39 Å². The van der Waals surface area contributed by atoms with Crippen LogP contribution < -0.4 is 11.5 Å². The summed E-state index contributed by atoms with van der Waals surface area (Å²) in [7, 11) is 0. The molecule has 0 saturated carbocycles. The third-order valence-electron chi connectivity index (χ3n) is 2.68. The molecule has 2 aromatic heterocycles. The maximum atomic E-state index is 13.0. The molecule has 0 spiro atoms. The highest BCUT2D eigenvalue weighted by Gasteiger charge is 2.09. The molecule has 0 amide bonds. The third kappa shape index (κ3) is 1.42. The fraction of sp³-hybridized carbons (Fsp3) is 0. The number of rotatable bonds is 1. The molecule has 0 aliphatic rings. The predicted molar refractivity (Wildman–Crippen MR) is 62.5 cm³/mol. The molecular weight excluding hydrogens is 223 g/mol. The van der Waals surface area contributed by atoms with E-state index in [1.165, 1.54) is 18.3 Å². The monoisotopic (exact) mass is 232 g/mol. The summed E-state index contributed by atoms with van der Waals surface area (Å²) in [6, 6.07) is 4.43. The number of H-pyrrole nitrogens is 2. The molecule has 0 atom stereocenters. The predicted octanol–water partition coefficient (Wildman–Crippen LogP) is 1.18. The highest BCUT2D eigenvalue weighted by atomic mass is 19.1. The molecule has 0 unspecified atom stereocenters. The quantitative estimate of drug-likeness (QED) is 0.551. The van der Waals surface area contributed by atoms with Crippen molar-refractivity contribution in [1.82, 2.24) is 14.6 Å². The number of nitrogens with one attached hydrogen (secondary N) is 2. The minimum atomic E-state index is -0.392. The van der Waals surface area contributed by atoms with Crippen LogP contribution in [0.3, 0.4) is 0 Å². The van der Waals surface area contributed by atoms with Crippen molar-refractivity contribution in [3.63, 3.8) is 0 Å². The van der Waals surface area contributed by atoms with Crippen LogP contribution in [0.25, 0.3) is 22.2 Å². The largest absolute Gasteiger partial charge is 0.360 e. The summed E-state index contributed by atoms with van der Waals surface area (Å²) in [5, 5.41) is 0.827. The molecule has 2 heterocycles. The summed E-state index contributed by atoms with van der Waals surface area (Å²) in [6.07, 6.45) is 3.20. The van der Waals surface area contributed by atoms with Gasteiger partial charge in [0.15, 0.2) is 0 Å². The number of aromatic amines is 2. The minimum Gasteiger partial charge on any atom is -0.360 e. The van der Waals surface area contributed by atoms with Crippen molar-refractivity contribution in [3.8, 4) is 11.3 Å². The standard InChI is InChI=1S/C11H9FN4O/c12-6-1-2-7-8(4-14-9(7)3-6)10-5-16(13)11(17)15-10/h1-5,14H,13H2,(H,15,17). The molecule has 0 bridgehead atoms. The lowest BCUT2D eigenvalue weighted by molar-refractivity contribution is 0.629. The number of imidazole rings is 1. The summed E-state index contributed by atoms with van der Waals surface area (Å²) in [4.78, 5) is 16.8. The zero-order chi connectivity index (χ0) is 12.0. The first-order valence-electron chi connectivity index (χ1n) is 4.99. The summed E-state index contributed by atoms with van der Waals surface area (Å²) < 4.78 is 14.0. The van der Waals surface area contributed by atoms with Gasteiger partial charge in [0.1, 0.15) is 5.82 Å². The lowest BCUT2D eigenvalue weighted by Gasteiger charge is -1.94. The van der Waals surface area contributed by atoms with E-state index in [-0.39, 0.29) is 5.82 Å². The maximum absolute atomic E-state index is 13.0. The Balaban J connectivity index is 2.27. The van der Waals surface area contributed by atoms with Gasteiger partial charge in [-0.25, -0.2) is 13.9 Å². The van der Waals surface area contributed by atoms with Crippen LogP contribution in [0.1, 0.15) is 0 Å². The van der Waals surface area contributed by atoms with Crippen molar-refractivity contribution in [2.45, 2.75) is 0 Å². The van der Waals surface area contributed by atoms with Gasteiger partial charge in [-0.15, -0.1) is 0 Å². The number of nitrogens with zero attached hydrogens (tertiary/aromatic N) is 1. The van der Waals surface area contributed by atoms with E-state index in [4.69, 9.17) is 5.84 Å². The maximum Gasteiger partial charge on any atom is 0.344 e.